The zero-order valence-electron chi connectivity index (χ0n) is 22.8. The van der Waals surface area contributed by atoms with Gasteiger partial charge >= 0.3 is 16.4 Å². The van der Waals surface area contributed by atoms with Crippen LogP contribution in [0.2, 0.25) is 0 Å². The van der Waals surface area contributed by atoms with Crippen LogP contribution in [0.3, 0.4) is 0 Å². The minimum atomic E-state index is -3.75. The number of hydrogen-bond donors (Lipinski definition) is 2. The average Bonchev–Trinajstić information content (AvgIpc) is 3.55. The number of carbonyl (C=O) groups is 1. The van der Waals surface area contributed by atoms with E-state index in [1.54, 1.807) is 67.1 Å². The highest BCUT2D eigenvalue weighted by Crippen LogP contribution is 2.39. The second kappa shape index (κ2) is 11.1. The zero-order chi connectivity index (χ0) is 29.4. The first kappa shape index (κ1) is 28.6. The maximum atomic E-state index is 13.8. The molecule has 1 unspecified atom stereocenters. The quantitative estimate of drug-likeness (QED) is 0.137. The summed E-state index contributed by atoms with van der Waals surface area (Å²) in [7, 11) is -3.75. The van der Waals surface area contributed by atoms with Crippen molar-refractivity contribution in [3.05, 3.63) is 94.7 Å². The minimum absolute atomic E-state index is 0.0181. The van der Waals surface area contributed by atoms with Gasteiger partial charge in [0.05, 0.1) is 26.6 Å². The molecule has 1 aliphatic heterocycles. The van der Waals surface area contributed by atoms with Crippen LogP contribution in [0.4, 0.5) is 16.2 Å². The zero-order valence-corrected chi connectivity index (χ0v) is 24.4. The van der Waals surface area contributed by atoms with Gasteiger partial charge in [0, 0.05) is 49.6 Å². The van der Waals surface area contributed by atoms with E-state index < -0.39 is 20.9 Å². The molecule has 1 fully saturated rings. The van der Waals surface area contributed by atoms with E-state index >= 15 is 0 Å². The monoisotopic (exact) mass is 592 g/mol. The fraction of sp³-hybridized carbons (Fsp3) is 0.241. The molecule has 10 nitrogen and oxygen atoms in total. The van der Waals surface area contributed by atoms with Gasteiger partial charge in [-0.2, -0.15) is 4.55 Å². The second-order valence-electron chi connectivity index (χ2n) is 10.7. The molecule has 3 aromatic carbocycles. The van der Waals surface area contributed by atoms with E-state index in [1.165, 1.54) is 23.5 Å². The smallest absolute Gasteiger partial charge is 0.318 e. The van der Waals surface area contributed by atoms with Crippen LogP contribution in [0.1, 0.15) is 26.3 Å². The highest BCUT2D eigenvalue weighted by molar-refractivity contribution is 7.96. The van der Waals surface area contributed by atoms with Gasteiger partial charge in [-0.15, -0.1) is 11.3 Å². The summed E-state index contributed by atoms with van der Waals surface area (Å²) in [5, 5.41) is 11.6. The van der Waals surface area contributed by atoms with Gasteiger partial charge in [-0.1, -0.05) is 35.1 Å². The van der Waals surface area contributed by atoms with Crippen LogP contribution in [0.25, 0.3) is 21.0 Å². The number of carbonyl (C=O) groups excluding carboxylic acids is 1. The van der Waals surface area contributed by atoms with E-state index in [-0.39, 0.29) is 16.6 Å². The molecule has 1 atom stereocenters. The van der Waals surface area contributed by atoms with Gasteiger partial charge in [0.1, 0.15) is 5.01 Å². The van der Waals surface area contributed by atoms with Crippen LogP contribution in [0.5, 0.6) is 0 Å². The van der Waals surface area contributed by atoms with Crippen molar-refractivity contribution in [3.8, 4) is 21.0 Å². The predicted molar refractivity (Wildman–Crippen MR) is 161 cm³/mol. The number of benzene rings is 3. The maximum absolute atomic E-state index is 13.8. The molecule has 0 saturated carbocycles. The highest BCUT2D eigenvalue weighted by atomic mass is 32.3. The number of nitrogens with zero attached hydrogens (tertiary/aromatic N) is 4. The molecule has 0 aliphatic carbocycles. The third kappa shape index (κ3) is 6.35. The molecular formula is C29H30N5O5S2+. The Morgan fingerprint density at radius 2 is 1.78 bits per heavy atom. The summed E-state index contributed by atoms with van der Waals surface area (Å²) in [6, 6.07) is 20.8. The van der Waals surface area contributed by atoms with Crippen molar-refractivity contribution in [1.29, 1.82) is 0 Å². The number of nitro benzene ring substituents is 1. The predicted octanol–water partition coefficient (Wildman–Crippen LogP) is 6.46. The lowest BCUT2D eigenvalue weighted by Crippen LogP contribution is -2.44. The van der Waals surface area contributed by atoms with E-state index in [2.05, 4.69) is 9.71 Å². The van der Waals surface area contributed by atoms with E-state index in [0.29, 0.717) is 46.3 Å². The first-order valence-electron chi connectivity index (χ1n) is 12.9. The van der Waals surface area contributed by atoms with Crippen molar-refractivity contribution in [2.75, 3.05) is 18.0 Å². The Balaban J connectivity index is 1.49. The van der Waals surface area contributed by atoms with Gasteiger partial charge in [-0.25, -0.2) is 9.78 Å². The number of amides is 2. The molecule has 1 saturated heterocycles. The lowest BCUT2D eigenvalue weighted by molar-refractivity contribution is -0.384. The number of hydrogen-bond acceptors (Lipinski definition) is 6. The summed E-state index contributed by atoms with van der Waals surface area (Å²) in [4.78, 5) is 32.6. The molecule has 2 N–H and O–H groups in total. The van der Waals surface area contributed by atoms with Gasteiger partial charge < -0.3 is 4.90 Å². The normalized spacial score (nSPS) is 15.3. The number of urea groups is 1. The molecule has 212 valence electrons. The van der Waals surface area contributed by atoms with Crippen LogP contribution in [-0.4, -0.2) is 44.0 Å². The molecule has 2 heterocycles. The van der Waals surface area contributed by atoms with Gasteiger partial charge in [0.15, 0.2) is 0 Å². The van der Waals surface area contributed by atoms with Crippen LogP contribution in [-0.2, 0) is 21.2 Å². The maximum Gasteiger partial charge on any atom is 0.324 e. The largest absolute Gasteiger partial charge is 0.324 e. The first-order chi connectivity index (χ1) is 19.4. The Hall–Kier alpha value is -3.97. The minimum Gasteiger partial charge on any atom is -0.318 e. The third-order valence-electron chi connectivity index (χ3n) is 6.43. The van der Waals surface area contributed by atoms with Gasteiger partial charge in [-0.05, 0) is 54.8 Å². The van der Waals surface area contributed by atoms with Crippen molar-refractivity contribution < 1.29 is 18.5 Å². The fourth-order valence-corrected chi connectivity index (χ4v) is 7.33. The van der Waals surface area contributed by atoms with Crippen LogP contribution >= 0.6 is 11.3 Å². The third-order valence-corrected chi connectivity index (χ3v) is 9.33. The Morgan fingerprint density at radius 3 is 2.44 bits per heavy atom. The molecular weight excluding hydrogens is 562 g/mol. The molecule has 0 bridgehead atoms. The number of nitro groups is 1. The average molecular weight is 593 g/mol. The Kier molecular flexibility index (Phi) is 7.75. The number of aromatic nitrogens is 1. The SMILES string of the molecule is CC(C)(C)N[S+](=O)(O)c1cc(N2CCN(Cc3ccccc3)C2=O)ccc1-c1cnc(-c2ccc([N+](=O)[O-])cc2)s1. The standard InChI is InChI=1S/C29H29N5O5S2/c1-29(2,3)31-41(38,39)26-17-23(33-16-15-32(28(33)35)19-20-7-5-4-6-8-20)13-14-24(26)25-18-30-27(40-25)21-9-11-22(12-10-21)34(36)37/h4-14,17-18H,15-16,19H2,1-3H3,(H-,31,38,39)/p+1. The molecule has 41 heavy (non-hydrogen) atoms. The van der Waals surface area contributed by atoms with Gasteiger partial charge in [0.2, 0.25) is 4.90 Å². The van der Waals surface area contributed by atoms with Crippen molar-refractivity contribution in [2.24, 2.45) is 0 Å². The molecule has 1 aliphatic rings. The first-order valence-corrected chi connectivity index (χ1v) is 15.3. The van der Waals surface area contributed by atoms with Crippen molar-refractivity contribution in [2.45, 2.75) is 37.8 Å². The number of rotatable bonds is 8. The lowest BCUT2D eigenvalue weighted by atomic mass is 10.1. The van der Waals surface area contributed by atoms with Crippen molar-refractivity contribution >= 4 is 39.1 Å². The molecule has 12 heteroatoms. The molecule has 2 amide bonds. The summed E-state index contributed by atoms with van der Waals surface area (Å²) in [6.45, 7) is 6.88. The number of nitrogens with one attached hydrogen (secondary N) is 1. The lowest BCUT2D eigenvalue weighted by Gasteiger charge is -2.22. The van der Waals surface area contributed by atoms with Gasteiger partial charge in [0.25, 0.3) is 5.69 Å². The van der Waals surface area contributed by atoms with E-state index in [0.717, 1.165) is 5.56 Å². The van der Waals surface area contributed by atoms with E-state index in [1.807, 2.05) is 30.3 Å². The molecule has 5 rings (SSSR count). The summed E-state index contributed by atoms with van der Waals surface area (Å²) in [6.07, 6.45) is 1.62. The van der Waals surface area contributed by atoms with Crippen LogP contribution < -0.4 is 9.62 Å². The fourth-order valence-electron chi connectivity index (χ4n) is 4.61. The molecule has 1 aromatic heterocycles. The Morgan fingerprint density at radius 1 is 1.07 bits per heavy atom. The van der Waals surface area contributed by atoms with Crippen molar-refractivity contribution in [1.82, 2.24) is 14.6 Å². The summed E-state index contributed by atoms with van der Waals surface area (Å²) >= 11 is 1.31. The summed E-state index contributed by atoms with van der Waals surface area (Å²) in [5.41, 5.74) is 2.07. The van der Waals surface area contributed by atoms with Crippen LogP contribution in [0, 0.1) is 10.1 Å². The second-order valence-corrected chi connectivity index (χ2v) is 13.5. The van der Waals surface area contributed by atoms with Crippen LogP contribution in [0.15, 0.2) is 83.9 Å². The van der Waals surface area contributed by atoms with E-state index in [4.69, 9.17) is 0 Å². The Bertz CT molecular complexity index is 1630. The number of anilines is 1. The summed E-state index contributed by atoms with van der Waals surface area (Å²) in [5.74, 6) is 0. The van der Waals surface area contributed by atoms with Crippen molar-refractivity contribution in [3.63, 3.8) is 0 Å². The topological polar surface area (TPSA) is 129 Å². The molecule has 4 aromatic rings. The van der Waals surface area contributed by atoms with Gasteiger partial charge in [-0.3, -0.25) is 15.0 Å². The molecule has 0 spiro atoms. The number of non-ortho nitro benzene ring substituents is 1. The van der Waals surface area contributed by atoms with E-state index in [9.17, 15) is 23.7 Å². The number of thiazole rings is 1. The molecule has 0 radical (unpaired) electrons. The summed E-state index contributed by atoms with van der Waals surface area (Å²) < 4.78 is 27.9. The highest BCUT2D eigenvalue weighted by Gasteiger charge is 2.39. The Labute approximate surface area is 243 Å².